The highest BCUT2D eigenvalue weighted by Gasteiger charge is 2.35. The Labute approximate surface area is 127 Å². The smallest absolute Gasteiger partial charge is 0.225 e. The Morgan fingerprint density at radius 2 is 1.95 bits per heavy atom. The number of benzene rings is 1. The normalized spacial score (nSPS) is 23.6. The van der Waals surface area contributed by atoms with Gasteiger partial charge >= 0.3 is 0 Å². The van der Waals surface area contributed by atoms with Gasteiger partial charge in [-0.25, -0.2) is 0 Å². The van der Waals surface area contributed by atoms with Gasteiger partial charge in [0, 0.05) is 13.1 Å². The molecule has 0 heterocycles. The first-order valence-corrected chi connectivity index (χ1v) is 8.12. The SMILES string of the molecule is CN(C(=O)CC1(O)CCCC1)C1CCc2ccccc2C1. The molecule has 1 saturated carbocycles. The Morgan fingerprint density at radius 1 is 1.29 bits per heavy atom. The van der Waals surface area contributed by atoms with Crippen LogP contribution in [0.1, 0.15) is 49.7 Å². The van der Waals surface area contributed by atoms with Crippen molar-refractivity contribution in [2.75, 3.05) is 7.05 Å². The summed E-state index contributed by atoms with van der Waals surface area (Å²) in [6.45, 7) is 0. The molecule has 0 aliphatic heterocycles. The van der Waals surface area contributed by atoms with E-state index in [1.807, 2.05) is 11.9 Å². The molecule has 114 valence electrons. The Hall–Kier alpha value is -1.35. The Balaban J connectivity index is 1.63. The fraction of sp³-hybridized carbons (Fsp3) is 0.611. The number of carbonyl (C=O) groups is 1. The molecule has 2 aliphatic rings. The molecule has 3 rings (SSSR count). The molecular formula is C18H25NO2. The maximum Gasteiger partial charge on any atom is 0.225 e. The molecule has 2 aliphatic carbocycles. The second-order valence-electron chi connectivity index (χ2n) is 6.78. The highest BCUT2D eigenvalue weighted by atomic mass is 16.3. The number of amides is 1. The number of likely N-dealkylation sites (N-methyl/N-ethyl adjacent to an activating group) is 1. The summed E-state index contributed by atoms with van der Waals surface area (Å²) in [5.41, 5.74) is 2.05. The van der Waals surface area contributed by atoms with Gasteiger partial charge in [-0.15, -0.1) is 0 Å². The monoisotopic (exact) mass is 287 g/mol. The van der Waals surface area contributed by atoms with Crippen LogP contribution in [0.25, 0.3) is 0 Å². The molecule has 1 fully saturated rings. The van der Waals surface area contributed by atoms with Crippen molar-refractivity contribution in [3.8, 4) is 0 Å². The Morgan fingerprint density at radius 3 is 2.67 bits per heavy atom. The zero-order valence-corrected chi connectivity index (χ0v) is 12.8. The molecule has 1 amide bonds. The molecule has 1 unspecified atom stereocenters. The number of carbonyl (C=O) groups excluding carboxylic acids is 1. The predicted octanol–water partition coefficient (Wildman–Crippen LogP) is 2.70. The van der Waals surface area contributed by atoms with E-state index in [1.165, 1.54) is 11.1 Å². The predicted molar refractivity (Wildman–Crippen MR) is 83.1 cm³/mol. The maximum atomic E-state index is 12.5. The van der Waals surface area contributed by atoms with E-state index in [-0.39, 0.29) is 11.9 Å². The number of hydrogen-bond donors (Lipinski definition) is 1. The third-order valence-corrected chi connectivity index (χ3v) is 5.28. The zero-order chi connectivity index (χ0) is 14.9. The topological polar surface area (TPSA) is 40.5 Å². The molecule has 0 bridgehead atoms. The van der Waals surface area contributed by atoms with E-state index in [0.717, 1.165) is 44.9 Å². The van der Waals surface area contributed by atoms with Crippen LogP contribution in [-0.4, -0.2) is 34.6 Å². The minimum atomic E-state index is -0.738. The van der Waals surface area contributed by atoms with E-state index in [4.69, 9.17) is 0 Å². The minimum absolute atomic E-state index is 0.101. The van der Waals surface area contributed by atoms with E-state index in [0.29, 0.717) is 6.42 Å². The van der Waals surface area contributed by atoms with Crippen LogP contribution in [0, 0.1) is 0 Å². The Kier molecular flexibility index (Phi) is 4.03. The van der Waals surface area contributed by atoms with Crippen LogP contribution in [0.5, 0.6) is 0 Å². The van der Waals surface area contributed by atoms with Gasteiger partial charge < -0.3 is 10.0 Å². The van der Waals surface area contributed by atoms with Crippen molar-refractivity contribution < 1.29 is 9.90 Å². The average Bonchev–Trinajstić information content (AvgIpc) is 2.92. The highest BCUT2D eigenvalue weighted by molar-refractivity contribution is 5.77. The van der Waals surface area contributed by atoms with Gasteiger partial charge in [0.1, 0.15) is 0 Å². The molecule has 1 atom stereocenters. The molecule has 1 aromatic carbocycles. The van der Waals surface area contributed by atoms with Crippen LogP contribution >= 0.6 is 0 Å². The lowest BCUT2D eigenvalue weighted by atomic mass is 9.87. The van der Waals surface area contributed by atoms with Gasteiger partial charge in [0.15, 0.2) is 0 Å². The van der Waals surface area contributed by atoms with Crippen molar-refractivity contribution in [1.82, 2.24) is 4.90 Å². The molecule has 1 N–H and O–H groups in total. The number of hydrogen-bond acceptors (Lipinski definition) is 2. The van der Waals surface area contributed by atoms with Crippen LogP contribution in [0.3, 0.4) is 0 Å². The van der Waals surface area contributed by atoms with E-state index in [9.17, 15) is 9.90 Å². The van der Waals surface area contributed by atoms with Crippen molar-refractivity contribution in [3.05, 3.63) is 35.4 Å². The van der Waals surface area contributed by atoms with E-state index in [2.05, 4.69) is 24.3 Å². The van der Waals surface area contributed by atoms with Gasteiger partial charge in [-0.2, -0.15) is 0 Å². The standard InChI is InChI=1S/C18H25NO2/c1-19(17(20)13-18(21)10-4-5-11-18)16-9-8-14-6-2-3-7-15(14)12-16/h2-3,6-7,16,21H,4-5,8-13H2,1H3. The van der Waals surface area contributed by atoms with Crippen molar-refractivity contribution in [1.29, 1.82) is 0 Å². The quantitative estimate of drug-likeness (QED) is 0.928. The van der Waals surface area contributed by atoms with Gasteiger partial charge in [-0.05, 0) is 43.2 Å². The van der Waals surface area contributed by atoms with Crippen LogP contribution in [0.4, 0.5) is 0 Å². The van der Waals surface area contributed by atoms with Gasteiger partial charge in [-0.1, -0.05) is 37.1 Å². The molecule has 0 spiro atoms. The molecule has 21 heavy (non-hydrogen) atoms. The van der Waals surface area contributed by atoms with Crippen molar-refractivity contribution >= 4 is 5.91 Å². The lowest BCUT2D eigenvalue weighted by Crippen LogP contribution is -2.43. The van der Waals surface area contributed by atoms with Crippen molar-refractivity contribution in [2.24, 2.45) is 0 Å². The largest absolute Gasteiger partial charge is 0.389 e. The molecule has 1 aromatic rings. The van der Waals surface area contributed by atoms with Gasteiger partial charge in [-0.3, -0.25) is 4.79 Å². The average molecular weight is 287 g/mol. The van der Waals surface area contributed by atoms with Gasteiger partial charge in [0.25, 0.3) is 0 Å². The van der Waals surface area contributed by atoms with Crippen LogP contribution in [-0.2, 0) is 17.6 Å². The van der Waals surface area contributed by atoms with Gasteiger partial charge in [0.2, 0.25) is 5.91 Å². The maximum absolute atomic E-state index is 12.5. The number of aryl methyl sites for hydroxylation is 1. The van der Waals surface area contributed by atoms with E-state index >= 15 is 0 Å². The van der Waals surface area contributed by atoms with E-state index in [1.54, 1.807) is 0 Å². The number of rotatable bonds is 3. The molecule has 0 saturated heterocycles. The summed E-state index contributed by atoms with van der Waals surface area (Å²) >= 11 is 0. The minimum Gasteiger partial charge on any atom is -0.389 e. The molecule has 0 aromatic heterocycles. The summed E-state index contributed by atoms with van der Waals surface area (Å²) in [4.78, 5) is 14.4. The van der Waals surface area contributed by atoms with Gasteiger partial charge in [0.05, 0.1) is 12.0 Å². The molecule has 3 nitrogen and oxygen atoms in total. The molecule has 0 radical (unpaired) electrons. The second-order valence-corrected chi connectivity index (χ2v) is 6.78. The fourth-order valence-electron chi connectivity index (χ4n) is 3.83. The van der Waals surface area contributed by atoms with Crippen LogP contribution in [0.2, 0.25) is 0 Å². The Bertz CT molecular complexity index is 520. The first kappa shape index (κ1) is 14.6. The lowest BCUT2D eigenvalue weighted by Gasteiger charge is -2.34. The summed E-state index contributed by atoms with van der Waals surface area (Å²) in [5.74, 6) is 0.101. The second kappa shape index (κ2) is 5.80. The van der Waals surface area contributed by atoms with Crippen molar-refractivity contribution in [2.45, 2.75) is 63.0 Å². The van der Waals surface area contributed by atoms with Crippen LogP contribution in [0.15, 0.2) is 24.3 Å². The van der Waals surface area contributed by atoms with Crippen molar-refractivity contribution in [3.63, 3.8) is 0 Å². The van der Waals surface area contributed by atoms with E-state index < -0.39 is 5.60 Å². The summed E-state index contributed by atoms with van der Waals surface area (Å²) in [6.07, 6.45) is 6.95. The third-order valence-electron chi connectivity index (χ3n) is 5.28. The molecular weight excluding hydrogens is 262 g/mol. The number of nitrogens with zero attached hydrogens (tertiary/aromatic N) is 1. The number of aliphatic hydroxyl groups is 1. The highest BCUT2D eigenvalue weighted by Crippen LogP contribution is 2.33. The first-order chi connectivity index (χ1) is 10.1. The third kappa shape index (κ3) is 3.13. The fourth-order valence-corrected chi connectivity index (χ4v) is 3.83. The molecule has 3 heteroatoms. The van der Waals surface area contributed by atoms with Crippen LogP contribution < -0.4 is 0 Å². The summed E-state index contributed by atoms with van der Waals surface area (Å²) in [6, 6.07) is 8.80. The first-order valence-electron chi connectivity index (χ1n) is 8.12. The summed E-state index contributed by atoms with van der Waals surface area (Å²) < 4.78 is 0. The summed E-state index contributed by atoms with van der Waals surface area (Å²) in [5, 5.41) is 10.4. The zero-order valence-electron chi connectivity index (χ0n) is 12.8. The lowest BCUT2D eigenvalue weighted by molar-refractivity contribution is -0.137. The summed E-state index contributed by atoms with van der Waals surface area (Å²) in [7, 11) is 1.90. The number of fused-ring (bicyclic) bond motifs is 1.